The number of benzene rings is 1. The molecule has 1 unspecified atom stereocenters. The van der Waals surface area contributed by atoms with Gasteiger partial charge in [0.2, 0.25) is 0 Å². The smallest absolute Gasteiger partial charge is 0.254 e. The Morgan fingerprint density at radius 3 is 2.62 bits per heavy atom. The lowest BCUT2D eigenvalue weighted by molar-refractivity contribution is 0.0683. The van der Waals surface area contributed by atoms with Crippen molar-refractivity contribution in [3.63, 3.8) is 0 Å². The Kier molecular flexibility index (Phi) is 5.07. The van der Waals surface area contributed by atoms with E-state index in [0.29, 0.717) is 29.0 Å². The van der Waals surface area contributed by atoms with Crippen molar-refractivity contribution in [2.45, 2.75) is 19.9 Å². The average molecular weight is 292 g/mol. The molecular weight excluding hydrogens is 268 g/mol. The molecule has 1 saturated heterocycles. The van der Waals surface area contributed by atoms with E-state index in [1.165, 1.54) is 0 Å². The van der Waals surface area contributed by atoms with Gasteiger partial charge in [-0.3, -0.25) is 4.79 Å². The second-order valence-electron chi connectivity index (χ2n) is 5.63. The molecule has 1 aliphatic heterocycles. The van der Waals surface area contributed by atoms with Gasteiger partial charge in [-0.1, -0.05) is 13.8 Å². The van der Waals surface area contributed by atoms with E-state index in [2.05, 4.69) is 19.2 Å². The number of rotatable bonds is 4. The van der Waals surface area contributed by atoms with Gasteiger partial charge < -0.3 is 19.7 Å². The molecule has 0 spiro atoms. The van der Waals surface area contributed by atoms with Crippen LogP contribution in [0.1, 0.15) is 24.2 Å². The summed E-state index contributed by atoms with van der Waals surface area (Å²) in [5.74, 6) is 1.77. The highest BCUT2D eigenvalue weighted by atomic mass is 16.5. The molecule has 1 N–H and O–H groups in total. The highest BCUT2D eigenvalue weighted by Crippen LogP contribution is 2.28. The first-order valence-electron chi connectivity index (χ1n) is 7.31. The average Bonchev–Trinajstić information content (AvgIpc) is 2.53. The predicted octanol–water partition coefficient (Wildman–Crippen LogP) is 1.77. The maximum Gasteiger partial charge on any atom is 0.254 e. The third-order valence-corrected chi connectivity index (χ3v) is 3.93. The monoisotopic (exact) mass is 292 g/mol. The largest absolute Gasteiger partial charge is 0.493 e. The summed E-state index contributed by atoms with van der Waals surface area (Å²) >= 11 is 0. The molecule has 5 heteroatoms. The van der Waals surface area contributed by atoms with Crippen LogP contribution in [-0.4, -0.2) is 50.7 Å². The van der Waals surface area contributed by atoms with Crippen molar-refractivity contribution in [2.24, 2.45) is 5.92 Å². The lowest BCUT2D eigenvalue weighted by atomic mass is 10.0. The molecular formula is C16H24N2O3. The number of nitrogens with zero attached hydrogens (tertiary/aromatic N) is 1. The van der Waals surface area contributed by atoms with E-state index < -0.39 is 0 Å². The maximum atomic E-state index is 12.6. The van der Waals surface area contributed by atoms with Gasteiger partial charge in [0.1, 0.15) is 0 Å². The topological polar surface area (TPSA) is 50.8 Å². The number of methoxy groups -OCH3 is 2. The molecule has 0 bridgehead atoms. The molecule has 0 aromatic heterocycles. The molecule has 2 rings (SSSR count). The molecule has 21 heavy (non-hydrogen) atoms. The number of hydrogen-bond acceptors (Lipinski definition) is 4. The van der Waals surface area contributed by atoms with Gasteiger partial charge in [-0.2, -0.15) is 0 Å². The standard InChI is InChI=1S/C16H24N2O3/c1-11(2)13-10-18(8-7-17-13)16(19)12-5-6-14(20-3)15(9-12)21-4/h5-6,9,11,13,17H,7-8,10H2,1-4H3. The maximum absolute atomic E-state index is 12.6. The zero-order chi connectivity index (χ0) is 15.4. The zero-order valence-corrected chi connectivity index (χ0v) is 13.2. The van der Waals surface area contributed by atoms with Crippen molar-refractivity contribution in [3.8, 4) is 11.5 Å². The minimum atomic E-state index is 0.0445. The fourth-order valence-corrected chi connectivity index (χ4v) is 2.56. The van der Waals surface area contributed by atoms with Crippen molar-refractivity contribution in [1.82, 2.24) is 10.2 Å². The summed E-state index contributed by atoms with van der Waals surface area (Å²) in [5.41, 5.74) is 0.636. The Morgan fingerprint density at radius 1 is 1.29 bits per heavy atom. The Balaban J connectivity index is 2.16. The van der Waals surface area contributed by atoms with E-state index in [9.17, 15) is 4.79 Å². The minimum Gasteiger partial charge on any atom is -0.493 e. The van der Waals surface area contributed by atoms with Crippen LogP contribution in [0.2, 0.25) is 0 Å². The van der Waals surface area contributed by atoms with Crippen LogP contribution in [0.5, 0.6) is 11.5 Å². The normalized spacial score (nSPS) is 18.7. The molecule has 1 aliphatic rings. The molecule has 116 valence electrons. The van der Waals surface area contributed by atoms with E-state index >= 15 is 0 Å². The van der Waals surface area contributed by atoms with Gasteiger partial charge in [-0.05, 0) is 24.1 Å². The van der Waals surface area contributed by atoms with Crippen molar-refractivity contribution in [3.05, 3.63) is 23.8 Å². The summed E-state index contributed by atoms with van der Waals surface area (Å²) in [4.78, 5) is 14.5. The van der Waals surface area contributed by atoms with Crippen LogP contribution in [0.4, 0.5) is 0 Å². The van der Waals surface area contributed by atoms with Gasteiger partial charge in [0.15, 0.2) is 11.5 Å². The molecule has 1 atom stereocenters. The van der Waals surface area contributed by atoms with Crippen LogP contribution in [-0.2, 0) is 0 Å². The fraction of sp³-hybridized carbons (Fsp3) is 0.562. The Labute approximate surface area is 126 Å². The summed E-state index contributed by atoms with van der Waals surface area (Å²) in [7, 11) is 3.16. The molecule has 1 aromatic rings. The van der Waals surface area contributed by atoms with Crippen molar-refractivity contribution >= 4 is 5.91 Å². The van der Waals surface area contributed by atoms with Gasteiger partial charge in [-0.25, -0.2) is 0 Å². The van der Waals surface area contributed by atoms with E-state index in [1.54, 1.807) is 32.4 Å². The molecule has 1 amide bonds. The van der Waals surface area contributed by atoms with Crippen LogP contribution in [0.25, 0.3) is 0 Å². The van der Waals surface area contributed by atoms with E-state index in [4.69, 9.17) is 9.47 Å². The highest BCUT2D eigenvalue weighted by molar-refractivity contribution is 5.95. The first kappa shape index (κ1) is 15.6. The second kappa shape index (κ2) is 6.80. The number of hydrogen-bond donors (Lipinski definition) is 1. The van der Waals surface area contributed by atoms with Gasteiger partial charge >= 0.3 is 0 Å². The second-order valence-corrected chi connectivity index (χ2v) is 5.63. The van der Waals surface area contributed by atoms with Crippen LogP contribution < -0.4 is 14.8 Å². The zero-order valence-electron chi connectivity index (χ0n) is 13.2. The Bertz CT molecular complexity index is 502. The lowest BCUT2D eigenvalue weighted by Gasteiger charge is -2.35. The third kappa shape index (κ3) is 3.47. The van der Waals surface area contributed by atoms with Gasteiger partial charge in [-0.15, -0.1) is 0 Å². The van der Waals surface area contributed by atoms with E-state index in [-0.39, 0.29) is 5.91 Å². The predicted molar refractivity (Wildman–Crippen MR) is 82.1 cm³/mol. The van der Waals surface area contributed by atoms with Crippen LogP contribution in [0.3, 0.4) is 0 Å². The van der Waals surface area contributed by atoms with Crippen LogP contribution in [0, 0.1) is 5.92 Å². The van der Waals surface area contributed by atoms with Gasteiger partial charge in [0.05, 0.1) is 14.2 Å². The van der Waals surface area contributed by atoms with E-state index in [1.807, 2.05) is 4.90 Å². The lowest BCUT2D eigenvalue weighted by Crippen LogP contribution is -2.54. The molecule has 0 saturated carbocycles. The first-order chi connectivity index (χ1) is 10.1. The molecule has 5 nitrogen and oxygen atoms in total. The van der Waals surface area contributed by atoms with Crippen molar-refractivity contribution in [2.75, 3.05) is 33.9 Å². The SMILES string of the molecule is COc1ccc(C(=O)N2CCNC(C(C)C)C2)cc1OC. The van der Waals surface area contributed by atoms with Gasteiger partial charge in [0, 0.05) is 31.2 Å². The van der Waals surface area contributed by atoms with E-state index in [0.717, 1.165) is 19.6 Å². The van der Waals surface area contributed by atoms with Crippen molar-refractivity contribution in [1.29, 1.82) is 0 Å². The molecule has 0 aliphatic carbocycles. The quantitative estimate of drug-likeness (QED) is 0.919. The molecule has 0 radical (unpaired) electrons. The number of nitrogens with one attached hydrogen (secondary N) is 1. The van der Waals surface area contributed by atoms with Crippen LogP contribution >= 0.6 is 0 Å². The Morgan fingerprint density at radius 2 is 2.00 bits per heavy atom. The number of piperazine rings is 1. The summed E-state index contributed by atoms with van der Waals surface area (Å²) in [6, 6.07) is 5.65. The Hall–Kier alpha value is -1.75. The summed E-state index contributed by atoms with van der Waals surface area (Å²) in [6.45, 7) is 6.65. The third-order valence-electron chi connectivity index (χ3n) is 3.93. The van der Waals surface area contributed by atoms with Gasteiger partial charge in [0.25, 0.3) is 5.91 Å². The van der Waals surface area contributed by atoms with Crippen molar-refractivity contribution < 1.29 is 14.3 Å². The summed E-state index contributed by atoms with van der Waals surface area (Å²) < 4.78 is 10.5. The highest BCUT2D eigenvalue weighted by Gasteiger charge is 2.26. The number of amides is 1. The summed E-state index contributed by atoms with van der Waals surface area (Å²) in [6.07, 6.45) is 0. The number of carbonyl (C=O) groups is 1. The molecule has 1 aromatic carbocycles. The molecule has 1 fully saturated rings. The number of ether oxygens (including phenoxy) is 2. The molecule has 1 heterocycles. The fourth-order valence-electron chi connectivity index (χ4n) is 2.56. The summed E-state index contributed by atoms with van der Waals surface area (Å²) in [5, 5.41) is 3.46. The number of carbonyl (C=O) groups excluding carboxylic acids is 1. The minimum absolute atomic E-state index is 0.0445. The van der Waals surface area contributed by atoms with Crippen LogP contribution in [0.15, 0.2) is 18.2 Å². The first-order valence-corrected chi connectivity index (χ1v) is 7.31.